The van der Waals surface area contributed by atoms with Gasteiger partial charge in [-0.3, -0.25) is 0 Å². The number of hydrogen-bond donors (Lipinski definition) is 1. The molecule has 1 aromatic carbocycles. The van der Waals surface area contributed by atoms with Crippen molar-refractivity contribution in [2.75, 3.05) is 0 Å². The summed E-state index contributed by atoms with van der Waals surface area (Å²) in [6, 6.07) is 8.12. The maximum atomic E-state index is 9.05. The number of hydrogen-bond acceptors (Lipinski definition) is 1. The number of fused-ring (bicyclic) bond motifs is 1. The van der Waals surface area contributed by atoms with Crippen LogP contribution in [0.2, 0.25) is 0 Å². The van der Waals surface area contributed by atoms with Gasteiger partial charge in [0, 0.05) is 24.7 Å². The molecule has 1 N–H and O–H groups in total. The van der Waals surface area contributed by atoms with Crippen LogP contribution in [0.3, 0.4) is 0 Å². The molecule has 0 aliphatic carbocycles. The van der Waals surface area contributed by atoms with Gasteiger partial charge in [-0.2, -0.15) is 0 Å². The van der Waals surface area contributed by atoms with Crippen LogP contribution in [0, 0.1) is 11.8 Å². The lowest BCUT2D eigenvalue weighted by atomic mass is 10.2. The van der Waals surface area contributed by atoms with E-state index in [4.69, 9.17) is 5.11 Å². The highest BCUT2D eigenvalue weighted by atomic mass is 16.3. The van der Waals surface area contributed by atoms with Crippen molar-refractivity contribution in [2.24, 2.45) is 0 Å². The van der Waals surface area contributed by atoms with E-state index in [1.807, 2.05) is 19.1 Å². The first-order chi connectivity index (χ1) is 7.85. The van der Waals surface area contributed by atoms with Crippen LogP contribution < -0.4 is 0 Å². The summed E-state index contributed by atoms with van der Waals surface area (Å²) in [6.45, 7) is 2.88. The maximum absolute atomic E-state index is 9.05. The van der Waals surface area contributed by atoms with E-state index in [0.29, 0.717) is 0 Å². The van der Waals surface area contributed by atoms with Crippen molar-refractivity contribution in [3.8, 4) is 11.8 Å². The van der Waals surface area contributed by atoms with E-state index in [9.17, 15) is 0 Å². The highest BCUT2D eigenvalue weighted by molar-refractivity contribution is 5.80. The number of benzene rings is 1. The Hall–Kier alpha value is -1.72. The van der Waals surface area contributed by atoms with Gasteiger partial charge in [0.25, 0.3) is 0 Å². The number of rotatable bonds is 3. The fraction of sp³-hybridized carbons (Fsp3) is 0.286. The van der Waals surface area contributed by atoms with E-state index in [1.165, 1.54) is 10.9 Å². The molecule has 82 valence electrons. The van der Waals surface area contributed by atoms with E-state index in [-0.39, 0.29) is 6.61 Å². The average Bonchev–Trinajstić information content (AvgIpc) is 2.72. The number of nitrogens with zero attached hydrogens (tertiary/aromatic N) is 1. The Morgan fingerprint density at radius 2 is 2.19 bits per heavy atom. The zero-order valence-electron chi connectivity index (χ0n) is 9.40. The summed E-state index contributed by atoms with van der Waals surface area (Å²) in [5.74, 6) is 5.96. The van der Waals surface area contributed by atoms with E-state index in [2.05, 4.69) is 34.7 Å². The minimum atomic E-state index is 0.0996. The van der Waals surface area contributed by atoms with E-state index in [1.54, 1.807) is 0 Å². The number of aliphatic hydroxyl groups is 1. The second-order valence-corrected chi connectivity index (χ2v) is 3.74. The topological polar surface area (TPSA) is 25.2 Å². The summed E-state index contributed by atoms with van der Waals surface area (Å²) >= 11 is 0. The molecule has 2 aromatic rings. The monoisotopic (exact) mass is 213 g/mol. The highest BCUT2D eigenvalue weighted by Crippen LogP contribution is 2.18. The maximum Gasteiger partial charge on any atom is 0.0682 e. The van der Waals surface area contributed by atoms with Gasteiger partial charge in [-0.25, -0.2) is 0 Å². The van der Waals surface area contributed by atoms with Gasteiger partial charge >= 0.3 is 0 Å². The van der Waals surface area contributed by atoms with Crippen LogP contribution in [0.15, 0.2) is 30.5 Å². The Kier molecular flexibility index (Phi) is 3.28. The van der Waals surface area contributed by atoms with Gasteiger partial charge in [0.1, 0.15) is 0 Å². The molecule has 0 amide bonds. The molecule has 0 saturated heterocycles. The van der Waals surface area contributed by atoms with E-state index in [0.717, 1.165) is 18.5 Å². The lowest BCUT2D eigenvalue weighted by Gasteiger charge is -2.03. The van der Waals surface area contributed by atoms with Crippen molar-refractivity contribution in [3.05, 3.63) is 36.0 Å². The first kappa shape index (κ1) is 10.8. The van der Waals surface area contributed by atoms with Crippen molar-refractivity contribution in [3.63, 3.8) is 0 Å². The Bertz CT molecular complexity index is 543. The summed E-state index contributed by atoms with van der Waals surface area (Å²) in [5.41, 5.74) is 2.16. The molecule has 0 bridgehead atoms. The third-order valence-electron chi connectivity index (χ3n) is 2.67. The second kappa shape index (κ2) is 4.87. The van der Waals surface area contributed by atoms with Crippen molar-refractivity contribution in [2.45, 2.75) is 26.5 Å². The van der Waals surface area contributed by atoms with Crippen LogP contribution in [0.25, 0.3) is 10.9 Å². The Balaban J connectivity index is 2.29. The lowest BCUT2D eigenvalue weighted by Crippen LogP contribution is -1.94. The standard InChI is InChI=1S/C14H15NO/c1-2-3-4-8-15-9-7-13-10-12(11-16)5-6-14(13)15/h5-7,9-10,16H,4,8,11H2,1H3. The van der Waals surface area contributed by atoms with Gasteiger partial charge in [-0.1, -0.05) is 6.07 Å². The van der Waals surface area contributed by atoms with Crippen LogP contribution in [-0.4, -0.2) is 9.67 Å². The van der Waals surface area contributed by atoms with Gasteiger partial charge in [-0.05, 0) is 36.1 Å². The van der Waals surface area contributed by atoms with Crippen molar-refractivity contribution >= 4 is 10.9 Å². The first-order valence-corrected chi connectivity index (χ1v) is 5.43. The summed E-state index contributed by atoms with van der Waals surface area (Å²) in [5, 5.41) is 10.2. The number of aromatic nitrogens is 1. The molecular weight excluding hydrogens is 198 g/mol. The summed E-state index contributed by atoms with van der Waals surface area (Å²) in [7, 11) is 0. The molecule has 0 atom stereocenters. The Morgan fingerprint density at radius 3 is 2.94 bits per heavy atom. The van der Waals surface area contributed by atoms with E-state index < -0.39 is 0 Å². The van der Waals surface area contributed by atoms with Crippen molar-refractivity contribution < 1.29 is 5.11 Å². The quantitative estimate of drug-likeness (QED) is 0.779. The van der Waals surface area contributed by atoms with Crippen LogP contribution in [-0.2, 0) is 13.2 Å². The zero-order chi connectivity index (χ0) is 11.4. The number of aryl methyl sites for hydroxylation is 1. The first-order valence-electron chi connectivity index (χ1n) is 5.43. The van der Waals surface area contributed by atoms with Gasteiger partial charge in [-0.15, -0.1) is 11.8 Å². The summed E-state index contributed by atoms with van der Waals surface area (Å²) < 4.78 is 2.20. The van der Waals surface area contributed by atoms with Crippen molar-refractivity contribution in [1.29, 1.82) is 0 Å². The third-order valence-corrected chi connectivity index (χ3v) is 2.67. The van der Waals surface area contributed by atoms with Crippen LogP contribution in [0.1, 0.15) is 18.9 Å². The molecule has 0 aliphatic heterocycles. The molecule has 2 nitrogen and oxygen atoms in total. The SMILES string of the molecule is CC#CCCn1ccc2cc(CO)ccc21. The van der Waals surface area contributed by atoms with Crippen molar-refractivity contribution in [1.82, 2.24) is 4.57 Å². The summed E-state index contributed by atoms with van der Waals surface area (Å²) in [6.07, 6.45) is 2.95. The van der Waals surface area contributed by atoms with Gasteiger partial charge < -0.3 is 9.67 Å². The molecule has 0 unspecified atom stereocenters. The largest absolute Gasteiger partial charge is 0.392 e. The molecule has 1 aromatic heterocycles. The molecule has 0 radical (unpaired) electrons. The van der Waals surface area contributed by atoms with Crippen LogP contribution in [0.4, 0.5) is 0 Å². The molecule has 0 fully saturated rings. The lowest BCUT2D eigenvalue weighted by molar-refractivity contribution is 0.282. The van der Waals surface area contributed by atoms with Crippen LogP contribution >= 0.6 is 0 Å². The minimum absolute atomic E-state index is 0.0996. The van der Waals surface area contributed by atoms with Crippen LogP contribution in [0.5, 0.6) is 0 Å². The van der Waals surface area contributed by atoms with Gasteiger partial charge in [0.2, 0.25) is 0 Å². The fourth-order valence-corrected chi connectivity index (χ4v) is 1.84. The predicted molar refractivity (Wildman–Crippen MR) is 65.9 cm³/mol. The molecule has 0 saturated carbocycles. The zero-order valence-corrected chi connectivity index (χ0v) is 9.40. The average molecular weight is 213 g/mol. The number of aliphatic hydroxyl groups excluding tert-OH is 1. The van der Waals surface area contributed by atoms with E-state index >= 15 is 0 Å². The normalized spacial score (nSPS) is 10.1. The minimum Gasteiger partial charge on any atom is -0.392 e. The predicted octanol–water partition coefficient (Wildman–Crippen LogP) is 2.55. The fourth-order valence-electron chi connectivity index (χ4n) is 1.84. The smallest absolute Gasteiger partial charge is 0.0682 e. The Morgan fingerprint density at radius 1 is 1.31 bits per heavy atom. The molecule has 0 aliphatic rings. The molecule has 16 heavy (non-hydrogen) atoms. The molecule has 2 heteroatoms. The highest BCUT2D eigenvalue weighted by Gasteiger charge is 2.00. The summed E-state index contributed by atoms with van der Waals surface area (Å²) in [4.78, 5) is 0. The molecule has 2 rings (SSSR count). The third kappa shape index (κ3) is 2.10. The second-order valence-electron chi connectivity index (χ2n) is 3.74. The molecular formula is C14H15NO. The van der Waals surface area contributed by atoms with Gasteiger partial charge in [0.05, 0.1) is 6.61 Å². The van der Waals surface area contributed by atoms with Gasteiger partial charge in [0.15, 0.2) is 0 Å². The Labute approximate surface area is 95.5 Å². The molecule has 1 heterocycles. The molecule has 0 spiro atoms.